The molecule has 2 rings (SSSR count). The number of rotatable bonds is 10. The summed E-state index contributed by atoms with van der Waals surface area (Å²) in [5, 5.41) is 9.58. The first-order valence-corrected chi connectivity index (χ1v) is 8.73. The lowest BCUT2D eigenvalue weighted by atomic mass is 10.1. The summed E-state index contributed by atoms with van der Waals surface area (Å²) in [6.07, 6.45) is 6.13. The molecule has 0 bridgehead atoms. The topological polar surface area (TPSA) is 29.5 Å². The van der Waals surface area contributed by atoms with E-state index in [9.17, 15) is 0 Å². The normalized spacial score (nSPS) is 10.7. The highest BCUT2D eigenvalue weighted by molar-refractivity contribution is 6.30. The zero-order valence-corrected chi connectivity index (χ0v) is 14.3. The lowest BCUT2D eigenvalue weighted by Gasteiger charge is -2.07. The van der Waals surface area contributed by atoms with Gasteiger partial charge >= 0.3 is 0 Å². The molecule has 0 saturated carbocycles. The first kappa shape index (κ1) is 17.8. The number of hydrogen-bond donors (Lipinski definition) is 1. The number of aryl methyl sites for hydroxylation is 2. The summed E-state index contributed by atoms with van der Waals surface area (Å²) in [5.74, 6) is 0.933. The second kappa shape index (κ2) is 10.3. The number of aliphatic hydroxyl groups is 1. The SMILES string of the molecule is OCCCCc1ccc(OCCCCc2ccc(Cl)cc2)cc1. The zero-order chi connectivity index (χ0) is 16.3. The van der Waals surface area contributed by atoms with Crippen LogP contribution in [0.2, 0.25) is 5.02 Å². The molecule has 0 aliphatic rings. The monoisotopic (exact) mass is 332 g/mol. The minimum atomic E-state index is 0.275. The summed E-state index contributed by atoms with van der Waals surface area (Å²) in [6.45, 7) is 1.02. The fourth-order valence-electron chi connectivity index (χ4n) is 2.47. The average Bonchev–Trinajstić information content (AvgIpc) is 2.58. The maximum atomic E-state index is 8.79. The van der Waals surface area contributed by atoms with Crippen LogP contribution in [-0.4, -0.2) is 18.3 Å². The Hall–Kier alpha value is -1.51. The molecule has 0 heterocycles. The van der Waals surface area contributed by atoms with E-state index in [0.29, 0.717) is 0 Å². The highest BCUT2D eigenvalue weighted by atomic mass is 35.5. The van der Waals surface area contributed by atoms with Crippen molar-refractivity contribution in [3.8, 4) is 5.75 Å². The first-order valence-electron chi connectivity index (χ1n) is 8.35. The average molecular weight is 333 g/mol. The molecule has 0 radical (unpaired) electrons. The molecule has 2 nitrogen and oxygen atoms in total. The molecule has 2 aromatic rings. The second-order valence-corrected chi connectivity index (χ2v) is 6.19. The van der Waals surface area contributed by atoms with Crippen LogP contribution in [0.3, 0.4) is 0 Å². The number of hydrogen-bond acceptors (Lipinski definition) is 2. The quantitative estimate of drug-likeness (QED) is 0.616. The summed E-state index contributed by atoms with van der Waals surface area (Å²) in [4.78, 5) is 0. The molecule has 124 valence electrons. The predicted molar refractivity (Wildman–Crippen MR) is 96.4 cm³/mol. The molecule has 0 aromatic heterocycles. The van der Waals surface area contributed by atoms with Crippen molar-refractivity contribution in [2.24, 2.45) is 0 Å². The Kier molecular flexibility index (Phi) is 7.99. The first-order chi connectivity index (χ1) is 11.3. The van der Waals surface area contributed by atoms with E-state index in [1.807, 2.05) is 24.3 Å². The molecule has 0 spiro atoms. The van der Waals surface area contributed by atoms with Crippen LogP contribution in [0.25, 0.3) is 0 Å². The van der Waals surface area contributed by atoms with Gasteiger partial charge in [0.15, 0.2) is 0 Å². The Bertz CT molecular complexity index is 549. The van der Waals surface area contributed by atoms with E-state index >= 15 is 0 Å². The molecule has 3 heteroatoms. The van der Waals surface area contributed by atoms with Crippen LogP contribution in [0, 0.1) is 0 Å². The van der Waals surface area contributed by atoms with E-state index in [4.69, 9.17) is 21.4 Å². The molecule has 0 fully saturated rings. The number of benzene rings is 2. The molecule has 2 aromatic carbocycles. The van der Waals surface area contributed by atoms with Gasteiger partial charge in [-0.2, -0.15) is 0 Å². The fourth-order valence-corrected chi connectivity index (χ4v) is 2.59. The van der Waals surface area contributed by atoms with E-state index in [0.717, 1.165) is 55.9 Å². The van der Waals surface area contributed by atoms with Crippen molar-refractivity contribution in [2.45, 2.75) is 38.5 Å². The largest absolute Gasteiger partial charge is 0.494 e. The highest BCUT2D eigenvalue weighted by Gasteiger charge is 1.98. The van der Waals surface area contributed by atoms with Crippen LogP contribution >= 0.6 is 11.6 Å². The Morgan fingerprint density at radius 2 is 1.30 bits per heavy atom. The van der Waals surface area contributed by atoms with Crippen molar-refractivity contribution >= 4 is 11.6 Å². The van der Waals surface area contributed by atoms with Gasteiger partial charge in [-0.15, -0.1) is 0 Å². The molecule has 1 N–H and O–H groups in total. The Morgan fingerprint density at radius 1 is 0.739 bits per heavy atom. The van der Waals surface area contributed by atoms with Crippen LogP contribution in [0.5, 0.6) is 5.75 Å². The minimum Gasteiger partial charge on any atom is -0.494 e. The third kappa shape index (κ3) is 7.06. The van der Waals surface area contributed by atoms with Gasteiger partial charge < -0.3 is 9.84 Å². The summed E-state index contributed by atoms with van der Waals surface area (Å²) in [7, 11) is 0. The van der Waals surface area contributed by atoms with Crippen molar-refractivity contribution in [3.05, 3.63) is 64.7 Å². The molecule has 0 aliphatic carbocycles. The number of halogens is 1. The second-order valence-electron chi connectivity index (χ2n) is 5.76. The predicted octanol–water partition coefficient (Wildman–Crippen LogP) is 5.06. The zero-order valence-electron chi connectivity index (χ0n) is 13.5. The Balaban J connectivity index is 1.61. The lowest BCUT2D eigenvalue weighted by molar-refractivity contribution is 0.284. The van der Waals surface area contributed by atoms with Crippen molar-refractivity contribution < 1.29 is 9.84 Å². The fraction of sp³-hybridized carbons (Fsp3) is 0.400. The van der Waals surface area contributed by atoms with Gasteiger partial charge in [0.25, 0.3) is 0 Å². The number of aliphatic hydroxyl groups excluding tert-OH is 1. The van der Waals surface area contributed by atoms with Gasteiger partial charge in [-0.05, 0) is 73.9 Å². The van der Waals surface area contributed by atoms with Crippen LogP contribution in [0.15, 0.2) is 48.5 Å². The molecular weight excluding hydrogens is 308 g/mol. The van der Waals surface area contributed by atoms with Crippen LogP contribution in [0.4, 0.5) is 0 Å². The third-order valence-corrected chi connectivity index (χ3v) is 4.09. The van der Waals surface area contributed by atoms with Crippen molar-refractivity contribution in [1.82, 2.24) is 0 Å². The molecule has 0 amide bonds. The minimum absolute atomic E-state index is 0.275. The van der Waals surface area contributed by atoms with Gasteiger partial charge in [-0.1, -0.05) is 35.9 Å². The van der Waals surface area contributed by atoms with Crippen molar-refractivity contribution in [1.29, 1.82) is 0 Å². The van der Waals surface area contributed by atoms with Gasteiger partial charge in [-0.3, -0.25) is 0 Å². The summed E-state index contributed by atoms with van der Waals surface area (Å²) in [6, 6.07) is 16.3. The van der Waals surface area contributed by atoms with E-state index in [-0.39, 0.29) is 6.61 Å². The Morgan fingerprint density at radius 3 is 1.91 bits per heavy atom. The number of unbranched alkanes of at least 4 members (excludes halogenated alkanes) is 2. The smallest absolute Gasteiger partial charge is 0.119 e. The van der Waals surface area contributed by atoms with Gasteiger partial charge in [0.2, 0.25) is 0 Å². The van der Waals surface area contributed by atoms with Crippen LogP contribution < -0.4 is 4.74 Å². The maximum Gasteiger partial charge on any atom is 0.119 e. The van der Waals surface area contributed by atoms with Gasteiger partial charge in [-0.25, -0.2) is 0 Å². The Labute approximate surface area is 144 Å². The molecular formula is C20H25ClO2. The van der Waals surface area contributed by atoms with Gasteiger partial charge in [0.05, 0.1) is 6.61 Å². The van der Waals surface area contributed by atoms with E-state index in [2.05, 4.69) is 24.3 Å². The standard InChI is InChI=1S/C20H25ClO2/c21-19-11-7-17(8-12-19)6-2-4-16-23-20-13-9-18(10-14-20)5-1-3-15-22/h7-14,22H,1-6,15-16H2. The summed E-state index contributed by atoms with van der Waals surface area (Å²) < 4.78 is 5.78. The van der Waals surface area contributed by atoms with Crippen molar-refractivity contribution in [3.63, 3.8) is 0 Å². The van der Waals surface area contributed by atoms with Crippen LogP contribution in [0.1, 0.15) is 36.8 Å². The third-order valence-electron chi connectivity index (χ3n) is 3.84. The molecule has 0 unspecified atom stereocenters. The molecule has 23 heavy (non-hydrogen) atoms. The van der Waals surface area contributed by atoms with Crippen molar-refractivity contribution in [2.75, 3.05) is 13.2 Å². The molecule has 0 atom stereocenters. The molecule has 0 saturated heterocycles. The van der Waals surface area contributed by atoms with E-state index in [1.165, 1.54) is 11.1 Å². The number of ether oxygens (including phenoxy) is 1. The molecule has 0 aliphatic heterocycles. The van der Waals surface area contributed by atoms with E-state index < -0.39 is 0 Å². The van der Waals surface area contributed by atoms with Gasteiger partial charge in [0.1, 0.15) is 5.75 Å². The summed E-state index contributed by atoms with van der Waals surface area (Å²) in [5.41, 5.74) is 2.62. The van der Waals surface area contributed by atoms with Crippen LogP contribution in [-0.2, 0) is 12.8 Å². The maximum absolute atomic E-state index is 8.79. The summed E-state index contributed by atoms with van der Waals surface area (Å²) >= 11 is 5.88. The highest BCUT2D eigenvalue weighted by Crippen LogP contribution is 2.15. The lowest BCUT2D eigenvalue weighted by Crippen LogP contribution is -1.98. The van der Waals surface area contributed by atoms with E-state index in [1.54, 1.807) is 0 Å². The van der Waals surface area contributed by atoms with Gasteiger partial charge in [0, 0.05) is 11.6 Å².